The van der Waals surface area contributed by atoms with E-state index in [1.807, 2.05) is 12.1 Å². The number of likely N-dealkylation sites (N-methyl/N-ethyl adjacent to an activating group) is 1. The van der Waals surface area contributed by atoms with Crippen molar-refractivity contribution in [2.75, 3.05) is 58.3 Å². The average molecular weight is 595 g/mol. The van der Waals surface area contributed by atoms with Gasteiger partial charge in [-0.1, -0.05) is 90.0 Å². The van der Waals surface area contributed by atoms with Crippen molar-refractivity contribution < 1.29 is 0 Å². The highest BCUT2D eigenvalue weighted by atomic mass is 35.5. The summed E-state index contributed by atoms with van der Waals surface area (Å²) in [6, 6.07) is 39.7. The van der Waals surface area contributed by atoms with Crippen LogP contribution in [0.15, 0.2) is 109 Å². The minimum atomic E-state index is 0.310. The minimum Gasteiger partial charge on any atom is -0.338 e. The van der Waals surface area contributed by atoms with Gasteiger partial charge in [-0.15, -0.1) is 0 Å². The normalized spacial score (nSPS) is 17.9. The Labute approximate surface area is 264 Å². The Balaban J connectivity index is 0.000000171. The summed E-state index contributed by atoms with van der Waals surface area (Å²) in [5, 5.41) is 0.797. The van der Waals surface area contributed by atoms with Gasteiger partial charge in [0, 0.05) is 42.1 Å². The fourth-order valence-electron chi connectivity index (χ4n) is 6.34. The first-order valence-corrected chi connectivity index (χ1v) is 16.2. The van der Waals surface area contributed by atoms with Gasteiger partial charge < -0.3 is 14.7 Å². The van der Waals surface area contributed by atoms with Crippen LogP contribution in [0.2, 0.25) is 5.02 Å². The van der Waals surface area contributed by atoms with Crippen LogP contribution < -0.4 is 4.90 Å². The number of hydrogen-bond acceptors (Lipinski definition) is 4. The number of benzene rings is 4. The van der Waals surface area contributed by atoms with Gasteiger partial charge in [-0.3, -0.25) is 4.90 Å². The van der Waals surface area contributed by atoms with Crippen LogP contribution in [0.25, 0.3) is 0 Å². The van der Waals surface area contributed by atoms with E-state index in [2.05, 4.69) is 138 Å². The molecule has 0 N–H and O–H groups in total. The van der Waals surface area contributed by atoms with E-state index in [1.54, 1.807) is 0 Å². The number of halogens is 1. The van der Waals surface area contributed by atoms with Crippen molar-refractivity contribution in [1.29, 1.82) is 0 Å². The average Bonchev–Trinajstić information content (AvgIpc) is 3.26. The van der Waals surface area contributed by atoms with E-state index in [9.17, 15) is 0 Å². The molecule has 4 aromatic rings. The number of hydrogen-bond donors (Lipinski definition) is 0. The van der Waals surface area contributed by atoms with E-state index in [0.717, 1.165) is 24.7 Å². The Morgan fingerprint density at radius 1 is 0.605 bits per heavy atom. The quantitative estimate of drug-likeness (QED) is 0.223. The van der Waals surface area contributed by atoms with Crippen molar-refractivity contribution in [2.45, 2.75) is 38.3 Å². The Kier molecular flexibility index (Phi) is 11.3. The molecule has 4 aromatic carbocycles. The third kappa shape index (κ3) is 8.70. The molecule has 4 nitrogen and oxygen atoms in total. The molecule has 0 bridgehead atoms. The molecule has 5 heteroatoms. The molecule has 1 atom stereocenters. The van der Waals surface area contributed by atoms with Crippen molar-refractivity contribution in [3.05, 3.63) is 131 Å². The molecule has 0 aliphatic carbocycles. The smallest absolute Gasteiger partial charge is 0.0602 e. The van der Waals surface area contributed by atoms with Gasteiger partial charge in [0.25, 0.3) is 0 Å². The summed E-state index contributed by atoms with van der Waals surface area (Å²) >= 11 is 6.07. The number of nitrogens with zero attached hydrogens (tertiary/aromatic N) is 4. The lowest BCUT2D eigenvalue weighted by atomic mass is 9.97. The SMILES string of the molecule is CN1CCCN(C(c2ccccc2)c2ccc(Cl)cc2)CC1.Cc1ccc(N(c2ccccc2)C2CCN(C)CC2)cc1. The van der Waals surface area contributed by atoms with Crippen LogP contribution in [-0.4, -0.2) is 74.1 Å². The summed E-state index contributed by atoms with van der Waals surface area (Å²) < 4.78 is 0. The number of anilines is 2. The summed E-state index contributed by atoms with van der Waals surface area (Å²) in [6.07, 6.45) is 3.66. The molecule has 2 fully saturated rings. The number of aryl methyl sites for hydroxylation is 1. The van der Waals surface area contributed by atoms with Gasteiger partial charge in [-0.25, -0.2) is 0 Å². The predicted molar refractivity (Wildman–Crippen MR) is 184 cm³/mol. The Hall–Kier alpha value is -3.15. The molecule has 0 spiro atoms. The van der Waals surface area contributed by atoms with E-state index < -0.39 is 0 Å². The lowest BCUT2D eigenvalue weighted by molar-refractivity contribution is 0.231. The summed E-state index contributed by atoms with van der Waals surface area (Å²) in [6.45, 7) is 9.03. The van der Waals surface area contributed by atoms with Crippen LogP contribution in [-0.2, 0) is 0 Å². The van der Waals surface area contributed by atoms with Crippen molar-refractivity contribution in [1.82, 2.24) is 14.7 Å². The Morgan fingerprint density at radius 3 is 1.81 bits per heavy atom. The first-order valence-electron chi connectivity index (χ1n) is 15.8. The number of likely N-dealkylation sites (tertiary alicyclic amines) is 1. The predicted octanol–water partition coefficient (Wildman–Crippen LogP) is 8.29. The van der Waals surface area contributed by atoms with Gasteiger partial charge in [-0.05, 0) is 107 Å². The maximum atomic E-state index is 6.07. The minimum absolute atomic E-state index is 0.310. The lowest BCUT2D eigenvalue weighted by Crippen LogP contribution is -2.41. The molecule has 2 aliphatic rings. The van der Waals surface area contributed by atoms with E-state index >= 15 is 0 Å². The fraction of sp³-hybridized carbons (Fsp3) is 0.368. The highest BCUT2D eigenvalue weighted by Gasteiger charge is 2.25. The zero-order valence-corrected chi connectivity index (χ0v) is 26.8. The molecule has 0 aromatic heterocycles. The zero-order valence-electron chi connectivity index (χ0n) is 26.1. The van der Waals surface area contributed by atoms with Crippen LogP contribution >= 0.6 is 11.6 Å². The molecule has 6 rings (SSSR count). The maximum absolute atomic E-state index is 6.07. The van der Waals surface area contributed by atoms with Gasteiger partial charge >= 0.3 is 0 Å². The third-order valence-corrected chi connectivity index (χ3v) is 9.07. The second-order valence-corrected chi connectivity index (χ2v) is 12.6. The molecule has 2 saturated heterocycles. The zero-order chi connectivity index (χ0) is 30.0. The van der Waals surface area contributed by atoms with E-state index in [1.165, 1.54) is 67.0 Å². The highest BCUT2D eigenvalue weighted by Crippen LogP contribution is 2.32. The largest absolute Gasteiger partial charge is 0.338 e. The monoisotopic (exact) mass is 594 g/mol. The topological polar surface area (TPSA) is 13.0 Å². The van der Waals surface area contributed by atoms with Gasteiger partial charge in [0.1, 0.15) is 0 Å². The van der Waals surface area contributed by atoms with Crippen LogP contribution in [0.4, 0.5) is 11.4 Å². The molecule has 0 amide bonds. The summed E-state index contributed by atoms with van der Waals surface area (Å²) in [5.41, 5.74) is 6.60. The van der Waals surface area contributed by atoms with Gasteiger partial charge in [0.05, 0.1) is 6.04 Å². The molecule has 0 saturated carbocycles. The molecule has 2 heterocycles. The van der Waals surface area contributed by atoms with Gasteiger partial charge in [0.2, 0.25) is 0 Å². The molecule has 0 radical (unpaired) electrons. The summed E-state index contributed by atoms with van der Waals surface area (Å²) in [7, 11) is 4.43. The Bertz CT molecular complexity index is 1350. The van der Waals surface area contributed by atoms with Crippen LogP contribution in [0.1, 0.15) is 42.0 Å². The van der Waals surface area contributed by atoms with Crippen molar-refractivity contribution in [3.63, 3.8) is 0 Å². The van der Waals surface area contributed by atoms with Crippen LogP contribution in [0, 0.1) is 6.92 Å². The van der Waals surface area contributed by atoms with Crippen LogP contribution in [0.5, 0.6) is 0 Å². The summed E-state index contributed by atoms with van der Waals surface area (Å²) in [4.78, 5) is 9.97. The molecule has 43 heavy (non-hydrogen) atoms. The van der Waals surface area contributed by atoms with Crippen molar-refractivity contribution in [3.8, 4) is 0 Å². The number of piperidine rings is 1. The summed E-state index contributed by atoms with van der Waals surface area (Å²) in [5.74, 6) is 0. The van der Waals surface area contributed by atoms with Crippen LogP contribution in [0.3, 0.4) is 0 Å². The van der Waals surface area contributed by atoms with Crippen molar-refractivity contribution >= 4 is 23.0 Å². The van der Waals surface area contributed by atoms with E-state index in [0.29, 0.717) is 12.1 Å². The lowest BCUT2D eigenvalue weighted by Gasteiger charge is -2.39. The highest BCUT2D eigenvalue weighted by molar-refractivity contribution is 6.30. The molecular weight excluding hydrogens is 548 g/mol. The van der Waals surface area contributed by atoms with Crippen molar-refractivity contribution in [2.24, 2.45) is 0 Å². The first-order chi connectivity index (χ1) is 21.0. The molecular formula is C38H47ClN4. The van der Waals surface area contributed by atoms with E-state index in [-0.39, 0.29) is 0 Å². The first kappa shape index (κ1) is 31.3. The maximum Gasteiger partial charge on any atom is 0.0602 e. The molecule has 2 aliphatic heterocycles. The fourth-order valence-corrected chi connectivity index (χ4v) is 6.46. The third-order valence-electron chi connectivity index (χ3n) is 8.82. The van der Waals surface area contributed by atoms with Gasteiger partial charge in [0.15, 0.2) is 0 Å². The molecule has 226 valence electrons. The van der Waals surface area contributed by atoms with E-state index in [4.69, 9.17) is 11.6 Å². The second-order valence-electron chi connectivity index (χ2n) is 12.1. The second kappa shape index (κ2) is 15.5. The molecule has 1 unspecified atom stereocenters. The number of rotatable bonds is 6. The Morgan fingerprint density at radius 2 is 1.16 bits per heavy atom. The number of para-hydroxylation sites is 1. The standard InChI is InChI=1S/C19H23ClN2.C19H24N2/c1-21-12-5-13-22(15-14-21)19(16-6-3-2-4-7-16)17-8-10-18(20)11-9-17;1-16-8-10-18(11-9-16)21(17-6-4-3-5-7-17)19-12-14-20(2)15-13-19/h2-4,6-11,19H,5,12-15H2,1H3;3-11,19H,12-15H2,1-2H3. The van der Waals surface area contributed by atoms with Gasteiger partial charge in [-0.2, -0.15) is 0 Å².